The maximum absolute atomic E-state index is 5.22. The monoisotopic (exact) mass is 138 g/mol. The molecule has 1 fully saturated rings. The molecule has 0 aromatic heterocycles. The van der Waals surface area contributed by atoms with Crippen LogP contribution in [0.5, 0.6) is 0 Å². The first-order valence-corrected chi connectivity index (χ1v) is 3.81. The molecule has 10 heavy (non-hydrogen) atoms. The number of nitrogens with zero attached hydrogens (tertiary/aromatic N) is 1. The quantitative estimate of drug-likeness (QED) is 0.518. The minimum absolute atomic E-state index is 0.494. The largest absolute Gasteiger partial charge is 0.320 e. The summed E-state index contributed by atoms with van der Waals surface area (Å²) in [6.07, 6.45) is 2.68. The normalized spacial score (nSPS) is 18.5. The highest BCUT2D eigenvalue weighted by Crippen LogP contribution is 2.04. The van der Waals surface area contributed by atoms with Crippen LogP contribution in [0, 0.1) is 11.8 Å². The van der Waals surface area contributed by atoms with Crippen molar-refractivity contribution >= 4 is 0 Å². The molecular weight excluding hydrogens is 124 g/mol. The Morgan fingerprint density at radius 2 is 1.90 bits per heavy atom. The lowest BCUT2D eigenvalue weighted by Crippen LogP contribution is -2.19. The molecule has 1 aliphatic rings. The molecule has 0 aromatic rings. The second kappa shape index (κ2) is 4.32. The highest BCUT2D eigenvalue weighted by atomic mass is 15.1. The summed E-state index contributed by atoms with van der Waals surface area (Å²) in [6.45, 7) is 3.85. The van der Waals surface area contributed by atoms with Crippen molar-refractivity contribution in [2.24, 2.45) is 5.73 Å². The van der Waals surface area contributed by atoms with E-state index in [0.717, 1.165) is 6.54 Å². The van der Waals surface area contributed by atoms with Gasteiger partial charge in [-0.1, -0.05) is 11.8 Å². The molecule has 0 unspecified atom stereocenters. The zero-order valence-corrected chi connectivity index (χ0v) is 6.27. The van der Waals surface area contributed by atoms with E-state index in [4.69, 9.17) is 5.73 Å². The standard InChI is InChI=1S/C8H14N2/c9-5-1-2-6-10-7-3-4-8-10/h3-9H2. The maximum Gasteiger partial charge on any atom is 0.0602 e. The van der Waals surface area contributed by atoms with E-state index in [1.54, 1.807) is 0 Å². The van der Waals surface area contributed by atoms with Gasteiger partial charge in [-0.3, -0.25) is 4.90 Å². The van der Waals surface area contributed by atoms with Gasteiger partial charge in [0, 0.05) is 0 Å². The molecule has 2 nitrogen and oxygen atoms in total. The molecule has 1 saturated heterocycles. The Bertz CT molecular complexity index is 137. The lowest BCUT2D eigenvalue weighted by Gasteiger charge is -2.08. The third-order valence-corrected chi connectivity index (χ3v) is 1.73. The maximum atomic E-state index is 5.22. The molecule has 0 bridgehead atoms. The van der Waals surface area contributed by atoms with Gasteiger partial charge >= 0.3 is 0 Å². The van der Waals surface area contributed by atoms with Gasteiger partial charge < -0.3 is 5.73 Å². The van der Waals surface area contributed by atoms with Crippen molar-refractivity contribution in [2.45, 2.75) is 12.8 Å². The second-order valence-electron chi connectivity index (χ2n) is 2.54. The first-order valence-electron chi connectivity index (χ1n) is 3.81. The molecule has 0 saturated carbocycles. The summed E-state index contributed by atoms with van der Waals surface area (Å²) in [5.74, 6) is 5.89. The Labute approximate surface area is 62.4 Å². The van der Waals surface area contributed by atoms with Crippen molar-refractivity contribution < 1.29 is 0 Å². The van der Waals surface area contributed by atoms with Gasteiger partial charge in [-0.05, 0) is 25.9 Å². The summed E-state index contributed by atoms with van der Waals surface area (Å²) < 4.78 is 0. The minimum atomic E-state index is 0.494. The topological polar surface area (TPSA) is 29.3 Å². The molecular formula is C8H14N2. The van der Waals surface area contributed by atoms with Gasteiger partial charge in [-0.25, -0.2) is 0 Å². The van der Waals surface area contributed by atoms with Crippen LogP contribution in [0.15, 0.2) is 0 Å². The summed E-state index contributed by atoms with van der Waals surface area (Å²) in [7, 11) is 0. The number of rotatable bonds is 1. The van der Waals surface area contributed by atoms with Gasteiger partial charge in [0.05, 0.1) is 13.1 Å². The van der Waals surface area contributed by atoms with Crippen LogP contribution in [-0.2, 0) is 0 Å². The Kier molecular flexibility index (Phi) is 3.28. The molecule has 1 rings (SSSR count). The lowest BCUT2D eigenvalue weighted by atomic mass is 10.4. The van der Waals surface area contributed by atoms with Crippen LogP contribution < -0.4 is 5.73 Å². The number of likely N-dealkylation sites (tertiary alicyclic amines) is 1. The van der Waals surface area contributed by atoms with Crippen LogP contribution in [0.2, 0.25) is 0 Å². The zero-order valence-electron chi connectivity index (χ0n) is 6.27. The minimum Gasteiger partial charge on any atom is -0.320 e. The van der Waals surface area contributed by atoms with Gasteiger partial charge in [-0.2, -0.15) is 0 Å². The van der Waals surface area contributed by atoms with Gasteiger partial charge in [-0.15, -0.1) is 0 Å². The molecule has 0 radical (unpaired) electrons. The van der Waals surface area contributed by atoms with E-state index in [1.165, 1.54) is 25.9 Å². The molecule has 2 N–H and O–H groups in total. The van der Waals surface area contributed by atoms with Crippen LogP contribution in [0.3, 0.4) is 0 Å². The van der Waals surface area contributed by atoms with E-state index in [1.807, 2.05) is 0 Å². The third-order valence-electron chi connectivity index (χ3n) is 1.73. The van der Waals surface area contributed by atoms with Crippen LogP contribution in [0.25, 0.3) is 0 Å². The van der Waals surface area contributed by atoms with E-state index in [0.29, 0.717) is 6.54 Å². The summed E-state index contributed by atoms with van der Waals surface area (Å²) in [5.41, 5.74) is 5.22. The van der Waals surface area contributed by atoms with Crippen LogP contribution in [-0.4, -0.2) is 31.1 Å². The van der Waals surface area contributed by atoms with E-state index < -0.39 is 0 Å². The van der Waals surface area contributed by atoms with Crippen LogP contribution in [0.1, 0.15) is 12.8 Å². The predicted molar refractivity (Wildman–Crippen MR) is 42.5 cm³/mol. The van der Waals surface area contributed by atoms with E-state index in [9.17, 15) is 0 Å². The summed E-state index contributed by atoms with van der Waals surface area (Å²) >= 11 is 0. The van der Waals surface area contributed by atoms with Crippen molar-refractivity contribution in [2.75, 3.05) is 26.2 Å². The fourth-order valence-electron chi connectivity index (χ4n) is 1.18. The fourth-order valence-corrected chi connectivity index (χ4v) is 1.18. The summed E-state index contributed by atoms with van der Waals surface area (Å²) in [5, 5.41) is 0. The molecule has 1 heterocycles. The smallest absolute Gasteiger partial charge is 0.0602 e. The van der Waals surface area contributed by atoms with Gasteiger partial charge in [0.2, 0.25) is 0 Å². The van der Waals surface area contributed by atoms with Crippen molar-refractivity contribution in [3.8, 4) is 11.8 Å². The molecule has 1 aliphatic heterocycles. The van der Waals surface area contributed by atoms with Crippen molar-refractivity contribution in [1.82, 2.24) is 4.90 Å². The van der Waals surface area contributed by atoms with Gasteiger partial charge in [0.25, 0.3) is 0 Å². The Balaban J connectivity index is 2.12. The van der Waals surface area contributed by atoms with E-state index in [-0.39, 0.29) is 0 Å². The number of hydrogen-bond acceptors (Lipinski definition) is 2. The molecule has 2 heteroatoms. The molecule has 0 amide bonds. The van der Waals surface area contributed by atoms with E-state index >= 15 is 0 Å². The number of nitrogens with two attached hydrogens (primary N) is 1. The average Bonchev–Trinajstić information content (AvgIpc) is 2.41. The predicted octanol–water partition coefficient (Wildman–Crippen LogP) is 0.0443. The Morgan fingerprint density at radius 1 is 1.20 bits per heavy atom. The Morgan fingerprint density at radius 3 is 2.50 bits per heavy atom. The molecule has 0 atom stereocenters. The first-order chi connectivity index (χ1) is 4.93. The summed E-state index contributed by atoms with van der Waals surface area (Å²) in [4.78, 5) is 2.36. The molecule has 0 aliphatic carbocycles. The molecule has 56 valence electrons. The van der Waals surface area contributed by atoms with Gasteiger partial charge in [0.15, 0.2) is 0 Å². The second-order valence-corrected chi connectivity index (χ2v) is 2.54. The molecule has 0 aromatic carbocycles. The van der Waals surface area contributed by atoms with Gasteiger partial charge in [0.1, 0.15) is 0 Å². The highest BCUT2D eigenvalue weighted by Gasteiger charge is 2.08. The SMILES string of the molecule is NCC#CCN1CCCC1. The highest BCUT2D eigenvalue weighted by molar-refractivity contribution is 5.02. The van der Waals surface area contributed by atoms with Crippen molar-refractivity contribution in [3.05, 3.63) is 0 Å². The third kappa shape index (κ3) is 2.38. The Hall–Kier alpha value is -0.520. The van der Waals surface area contributed by atoms with Crippen LogP contribution >= 0.6 is 0 Å². The van der Waals surface area contributed by atoms with Crippen molar-refractivity contribution in [1.29, 1.82) is 0 Å². The summed E-state index contributed by atoms with van der Waals surface area (Å²) in [6, 6.07) is 0. The number of hydrogen-bond donors (Lipinski definition) is 1. The van der Waals surface area contributed by atoms with Crippen LogP contribution in [0.4, 0.5) is 0 Å². The zero-order chi connectivity index (χ0) is 7.23. The fraction of sp³-hybridized carbons (Fsp3) is 0.750. The lowest BCUT2D eigenvalue weighted by molar-refractivity contribution is 0.383. The molecule has 0 spiro atoms. The first kappa shape index (κ1) is 7.59. The van der Waals surface area contributed by atoms with E-state index in [2.05, 4.69) is 16.7 Å². The van der Waals surface area contributed by atoms with Crippen molar-refractivity contribution in [3.63, 3.8) is 0 Å². The average molecular weight is 138 g/mol.